The molecule has 1 unspecified atom stereocenters. The van der Waals surface area contributed by atoms with Crippen molar-refractivity contribution >= 4 is 12.1 Å². The van der Waals surface area contributed by atoms with Gasteiger partial charge in [-0.3, -0.25) is 4.79 Å². The van der Waals surface area contributed by atoms with Crippen LogP contribution in [0.25, 0.3) is 22.5 Å². The van der Waals surface area contributed by atoms with E-state index < -0.39 is 17.6 Å². The van der Waals surface area contributed by atoms with Gasteiger partial charge in [0, 0.05) is 11.5 Å². The lowest BCUT2D eigenvalue weighted by Gasteiger charge is -2.24. The van der Waals surface area contributed by atoms with Crippen LogP contribution in [-0.2, 0) is 19.7 Å². The Bertz CT molecular complexity index is 1450. The minimum absolute atomic E-state index is 0.138. The predicted octanol–water partition coefficient (Wildman–Crippen LogP) is 6.85. The standard InChI is InChI=1S/C32H32N2O5/c1-4-37-30(35)32(18-19-32)26-16-14-24(15-17-26)23-10-12-25(13-11-23)29-27(21(3)34-39-29)28(38-31(33)36)20(2)22-8-6-5-7-9-22/h5-17,20,28H,4,18-19H2,1-3H3,(H2,33,36)/t20?,28-/m0/s1. The van der Waals surface area contributed by atoms with Gasteiger partial charge in [-0.15, -0.1) is 0 Å². The van der Waals surface area contributed by atoms with Crippen LogP contribution in [0.3, 0.4) is 0 Å². The van der Waals surface area contributed by atoms with Crippen molar-refractivity contribution in [2.24, 2.45) is 5.73 Å². The Kier molecular flexibility index (Phi) is 7.24. The van der Waals surface area contributed by atoms with Crippen molar-refractivity contribution < 1.29 is 23.6 Å². The largest absolute Gasteiger partial charge is 0.465 e. The number of esters is 1. The summed E-state index contributed by atoms with van der Waals surface area (Å²) in [5.41, 5.74) is 11.2. The van der Waals surface area contributed by atoms with Gasteiger partial charge in [0.2, 0.25) is 0 Å². The summed E-state index contributed by atoms with van der Waals surface area (Å²) in [5.74, 6) is 0.215. The summed E-state index contributed by atoms with van der Waals surface area (Å²) in [7, 11) is 0. The number of hydrogen-bond donors (Lipinski definition) is 1. The molecule has 4 aromatic rings. The molecule has 0 bridgehead atoms. The highest BCUT2D eigenvalue weighted by Crippen LogP contribution is 2.49. The first-order valence-electron chi connectivity index (χ1n) is 13.2. The van der Waals surface area contributed by atoms with E-state index in [-0.39, 0.29) is 11.9 Å². The van der Waals surface area contributed by atoms with E-state index in [4.69, 9.17) is 19.7 Å². The normalized spacial score (nSPS) is 15.3. The molecule has 0 radical (unpaired) electrons. The zero-order valence-electron chi connectivity index (χ0n) is 22.3. The number of primary amides is 1. The molecule has 7 nitrogen and oxygen atoms in total. The van der Waals surface area contributed by atoms with E-state index in [9.17, 15) is 9.59 Å². The maximum Gasteiger partial charge on any atom is 0.405 e. The van der Waals surface area contributed by atoms with Crippen LogP contribution in [0, 0.1) is 6.92 Å². The van der Waals surface area contributed by atoms with Gasteiger partial charge in [-0.1, -0.05) is 90.9 Å². The van der Waals surface area contributed by atoms with Crippen LogP contribution in [0.1, 0.15) is 61.1 Å². The van der Waals surface area contributed by atoms with E-state index in [1.165, 1.54) is 0 Å². The van der Waals surface area contributed by atoms with E-state index >= 15 is 0 Å². The third kappa shape index (κ3) is 5.17. The van der Waals surface area contributed by atoms with Crippen molar-refractivity contribution in [2.45, 2.75) is 51.0 Å². The van der Waals surface area contributed by atoms with Gasteiger partial charge in [0.15, 0.2) is 5.76 Å². The van der Waals surface area contributed by atoms with Gasteiger partial charge in [-0.2, -0.15) is 0 Å². The Balaban J connectivity index is 1.42. The minimum Gasteiger partial charge on any atom is -0.465 e. The summed E-state index contributed by atoms with van der Waals surface area (Å²) >= 11 is 0. The molecule has 0 spiro atoms. The molecule has 2 N–H and O–H groups in total. The third-order valence-electron chi connectivity index (χ3n) is 7.55. The number of nitrogens with zero attached hydrogens (tertiary/aromatic N) is 1. The van der Waals surface area contributed by atoms with Crippen LogP contribution in [0.2, 0.25) is 0 Å². The second-order valence-corrected chi connectivity index (χ2v) is 10.0. The lowest BCUT2D eigenvalue weighted by Crippen LogP contribution is -2.23. The molecule has 0 saturated heterocycles. The number of hydrogen-bond acceptors (Lipinski definition) is 6. The molecule has 1 aliphatic carbocycles. The Morgan fingerprint density at radius 1 is 0.949 bits per heavy atom. The molecule has 1 aromatic heterocycles. The Labute approximate surface area is 227 Å². The summed E-state index contributed by atoms with van der Waals surface area (Å²) < 4.78 is 16.7. The topological polar surface area (TPSA) is 105 Å². The number of carbonyl (C=O) groups excluding carboxylic acids is 2. The Morgan fingerprint density at radius 2 is 1.54 bits per heavy atom. The fourth-order valence-corrected chi connectivity index (χ4v) is 5.19. The third-order valence-corrected chi connectivity index (χ3v) is 7.55. The van der Waals surface area contributed by atoms with Crippen molar-refractivity contribution in [1.29, 1.82) is 0 Å². The predicted molar refractivity (Wildman–Crippen MR) is 148 cm³/mol. The quantitative estimate of drug-likeness (QED) is 0.240. The molecule has 1 saturated carbocycles. The van der Waals surface area contributed by atoms with Gasteiger partial charge >= 0.3 is 12.1 Å². The van der Waals surface area contributed by atoms with Crippen molar-refractivity contribution in [2.75, 3.05) is 6.61 Å². The molecule has 5 rings (SSSR count). The van der Waals surface area contributed by atoms with Gasteiger partial charge in [-0.05, 0) is 48.9 Å². The second kappa shape index (κ2) is 10.8. The molecule has 2 atom stereocenters. The number of aryl methyl sites for hydroxylation is 1. The number of aromatic nitrogens is 1. The van der Waals surface area contributed by atoms with Crippen LogP contribution < -0.4 is 5.73 Å². The summed E-state index contributed by atoms with van der Waals surface area (Å²) in [5, 5.41) is 4.20. The Morgan fingerprint density at radius 3 is 2.10 bits per heavy atom. The SMILES string of the molecule is CCOC(=O)C1(c2ccc(-c3ccc(-c4onc(C)c4[C@@H](OC(N)=O)C(C)c4ccccc4)cc3)cc2)CC1. The van der Waals surface area contributed by atoms with Crippen LogP contribution >= 0.6 is 0 Å². The van der Waals surface area contributed by atoms with E-state index in [2.05, 4.69) is 5.16 Å². The van der Waals surface area contributed by atoms with Crippen molar-refractivity contribution in [3.05, 3.63) is 101 Å². The van der Waals surface area contributed by atoms with Crippen molar-refractivity contribution in [1.82, 2.24) is 5.16 Å². The van der Waals surface area contributed by atoms with E-state index in [1.54, 1.807) is 0 Å². The molecule has 0 aliphatic heterocycles. The smallest absolute Gasteiger partial charge is 0.405 e. The molecular weight excluding hydrogens is 492 g/mol. The summed E-state index contributed by atoms with van der Waals surface area (Å²) in [6.45, 7) is 6.03. The molecule has 200 valence electrons. The molecule has 39 heavy (non-hydrogen) atoms. The number of carbonyl (C=O) groups is 2. The molecular formula is C32H32N2O5. The van der Waals surface area contributed by atoms with Crippen LogP contribution in [-0.4, -0.2) is 23.8 Å². The lowest BCUT2D eigenvalue weighted by atomic mass is 9.88. The maximum absolute atomic E-state index is 12.4. The minimum atomic E-state index is -0.857. The van der Waals surface area contributed by atoms with Gasteiger partial charge in [0.05, 0.1) is 23.3 Å². The van der Waals surface area contributed by atoms with Crippen LogP contribution in [0.5, 0.6) is 0 Å². The van der Waals surface area contributed by atoms with E-state index in [0.717, 1.165) is 40.7 Å². The lowest BCUT2D eigenvalue weighted by molar-refractivity contribution is -0.146. The molecule has 1 amide bonds. The van der Waals surface area contributed by atoms with Gasteiger partial charge in [0.25, 0.3) is 0 Å². The number of rotatable bonds is 9. The molecule has 3 aromatic carbocycles. The van der Waals surface area contributed by atoms with Gasteiger partial charge in [0.1, 0.15) is 6.10 Å². The monoisotopic (exact) mass is 524 g/mol. The highest BCUT2D eigenvalue weighted by molar-refractivity contribution is 5.87. The first kappa shape index (κ1) is 26.2. The number of ether oxygens (including phenoxy) is 2. The number of nitrogens with two attached hydrogens (primary N) is 1. The van der Waals surface area contributed by atoms with Gasteiger partial charge < -0.3 is 19.7 Å². The number of benzene rings is 3. The van der Waals surface area contributed by atoms with Crippen molar-refractivity contribution in [3.63, 3.8) is 0 Å². The summed E-state index contributed by atoms with van der Waals surface area (Å²) in [6, 6.07) is 25.8. The highest BCUT2D eigenvalue weighted by atomic mass is 16.6. The summed E-state index contributed by atoms with van der Waals surface area (Å²) in [6.07, 6.45) is 0.112. The molecule has 1 fully saturated rings. The van der Waals surface area contributed by atoms with E-state index in [1.807, 2.05) is 99.6 Å². The molecule has 7 heteroatoms. The fourth-order valence-electron chi connectivity index (χ4n) is 5.19. The maximum atomic E-state index is 12.4. The first-order chi connectivity index (χ1) is 18.8. The van der Waals surface area contributed by atoms with Crippen molar-refractivity contribution in [3.8, 4) is 22.5 Å². The molecule has 1 aliphatic rings. The molecule has 1 heterocycles. The fraction of sp³-hybridized carbons (Fsp3) is 0.281. The average Bonchev–Trinajstić information content (AvgIpc) is 3.69. The first-order valence-corrected chi connectivity index (χ1v) is 13.2. The Hall–Kier alpha value is -4.39. The summed E-state index contributed by atoms with van der Waals surface area (Å²) in [4.78, 5) is 24.3. The van der Waals surface area contributed by atoms with Crippen LogP contribution in [0.15, 0.2) is 83.4 Å². The average molecular weight is 525 g/mol. The van der Waals surface area contributed by atoms with Crippen LogP contribution in [0.4, 0.5) is 4.79 Å². The second-order valence-electron chi connectivity index (χ2n) is 10.0. The zero-order chi connectivity index (χ0) is 27.6. The van der Waals surface area contributed by atoms with Gasteiger partial charge in [-0.25, -0.2) is 4.79 Å². The number of amides is 1. The van der Waals surface area contributed by atoms with E-state index in [0.29, 0.717) is 23.6 Å². The zero-order valence-corrected chi connectivity index (χ0v) is 22.3. The highest BCUT2D eigenvalue weighted by Gasteiger charge is 2.52.